The molecule has 5 heteroatoms. The van der Waals surface area contributed by atoms with E-state index in [9.17, 15) is 9.18 Å². The van der Waals surface area contributed by atoms with Gasteiger partial charge in [0.1, 0.15) is 11.6 Å². The summed E-state index contributed by atoms with van der Waals surface area (Å²) in [6.45, 7) is 3.13. The van der Waals surface area contributed by atoms with Crippen molar-refractivity contribution in [3.05, 3.63) is 29.6 Å². The Morgan fingerprint density at radius 1 is 1.55 bits per heavy atom. The molecule has 1 aliphatic rings. The number of carboxylic acid groups (broad SMARTS) is 1. The average Bonchev–Trinajstić information content (AvgIpc) is 2.46. The first kappa shape index (κ1) is 14.8. The molecule has 0 aliphatic carbocycles. The highest BCUT2D eigenvalue weighted by Gasteiger charge is 2.30. The Balaban J connectivity index is 2.22. The highest BCUT2D eigenvalue weighted by Crippen LogP contribution is 2.33. The number of piperidine rings is 1. The van der Waals surface area contributed by atoms with E-state index in [2.05, 4.69) is 0 Å². The highest BCUT2D eigenvalue weighted by molar-refractivity contribution is 5.70. The van der Waals surface area contributed by atoms with E-state index in [1.54, 1.807) is 12.1 Å². The van der Waals surface area contributed by atoms with Gasteiger partial charge < -0.3 is 9.84 Å². The molecule has 0 saturated carbocycles. The molecule has 2 rings (SSSR count). The van der Waals surface area contributed by atoms with E-state index < -0.39 is 5.97 Å². The van der Waals surface area contributed by atoms with Crippen LogP contribution in [0.4, 0.5) is 4.39 Å². The first-order valence-corrected chi connectivity index (χ1v) is 6.83. The Kier molecular flexibility index (Phi) is 4.60. The first-order valence-electron chi connectivity index (χ1n) is 6.83. The number of carbonyl (C=O) groups is 1. The Hall–Kier alpha value is -1.62. The Morgan fingerprint density at radius 3 is 2.95 bits per heavy atom. The largest absolute Gasteiger partial charge is 0.496 e. The monoisotopic (exact) mass is 281 g/mol. The minimum atomic E-state index is -0.776. The number of aliphatic carboxylic acids is 1. The van der Waals surface area contributed by atoms with Crippen LogP contribution in [0.1, 0.15) is 31.4 Å². The van der Waals surface area contributed by atoms with E-state index in [0.29, 0.717) is 24.3 Å². The lowest BCUT2D eigenvalue weighted by Gasteiger charge is -2.36. The fourth-order valence-electron chi connectivity index (χ4n) is 2.84. The van der Waals surface area contributed by atoms with Crippen LogP contribution in [0.25, 0.3) is 0 Å². The maximum absolute atomic E-state index is 14.1. The lowest BCUT2D eigenvalue weighted by Crippen LogP contribution is -2.40. The molecule has 1 fully saturated rings. The standard InChI is InChI=1S/C15H20FNO3/c1-10(14-12(16)6-3-7-13(14)20-2)17-8-4-5-11(9-17)15(18)19/h3,6-7,10-11H,4-5,8-9H2,1-2H3,(H,18,19). The van der Waals surface area contributed by atoms with Crippen molar-refractivity contribution in [2.75, 3.05) is 20.2 Å². The maximum Gasteiger partial charge on any atom is 0.307 e. The third kappa shape index (κ3) is 2.93. The van der Waals surface area contributed by atoms with Crippen LogP contribution < -0.4 is 4.74 Å². The molecule has 1 saturated heterocycles. The van der Waals surface area contributed by atoms with Gasteiger partial charge in [-0.15, -0.1) is 0 Å². The molecule has 1 N–H and O–H groups in total. The number of methoxy groups -OCH3 is 1. The molecule has 0 amide bonds. The molecular formula is C15H20FNO3. The SMILES string of the molecule is COc1cccc(F)c1C(C)N1CCCC(C(=O)O)C1. The molecule has 2 atom stereocenters. The summed E-state index contributed by atoms with van der Waals surface area (Å²) in [5.41, 5.74) is 0.501. The number of halogens is 1. The Morgan fingerprint density at radius 2 is 2.30 bits per heavy atom. The van der Waals surface area contributed by atoms with Crippen LogP contribution in [0.2, 0.25) is 0 Å². The fraction of sp³-hybridized carbons (Fsp3) is 0.533. The van der Waals surface area contributed by atoms with E-state index in [4.69, 9.17) is 9.84 Å². The van der Waals surface area contributed by atoms with Gasteiger partial charge in [0.2, 0.25) is 0 Å². The van der Waals surface area contributed by atoms with Crippen LogP contribution in [0.3, 0.4) is 0 Å². The van der Waals surface area contributed by atoms with Gasteiger partial charge in [0.25, 0.3) is 0 Å². The normalized spacial score (nSPS) is 21.4. The van der Waals surface area contributed by atoms with Gasteiger partial charge in [-0.1, -0.05) is 6.07 Å². The molecule has 0 radical (unpaired) electrons. The number of hydrogen-bond acceptors (Lipinski definition) is 3. The lowest BCUT2D eigenvalue weighted by molar-refractivity contribution is -0.143. The van der Waals surface area contributed by atoms with Gasteiger partial charge in [-0.25, -0.2) is 4.39 Å². The van der Waals surface area contributed by atoms with Crippen LogP contribution in [0.5, 0.6) is 5.75 Å². The molecule has 4 nitrogen and oxygen atoms in total. The van der Waals surface area contributed by atoms with Crippen molar-refractivity contribution >= 4 is 5.97 Å². The van der Waals surface area contributed by atoms with E-state index in [0.717, 1.165) is 13.0 Å². The van der Waals surface area contributed by atoms with Gasteiger partial charge in [0.05, 0.1) is 13.0 Å². The van der Waals surface area contributed by atoms with Crippen molar-refractivity contribution < 1.29 is 19.0 Å². The van der Waals surface area contributed by atoms with E-state index in [1.807, 2.05) is 11.8 Å². The van der Waals surface area contributed by atoms with Crippen molar-refractivity contribution in [1.82, 2.24) is 4.90 Å². The summed E-state index contributed by atoms with van der Waals surface area (Å²) in [6.07, 6.45) is 1.50. The predicted molar refractivity (Wildman–Crippen MR) is 73.3 cm³/mol. The van der Waals surface area contributed by atoms with Crippen LogP contribution in [0.15, 0.2) is 18.2 Å². The third-order valence-electron chi connectivity index (χ3n) is 4.00. The molecular weight excluding hydrogens is 261 g/mol. The van der Waals surface area contributed by atoms with Crippen LogP contribution in [-0.2, 0) is 4.79 Å². The molecule has 1 aromatic rings. The number of rotatable bonds is 4. The summed E-state index contributed by atoms with van der Waals surface area (Å²) < 4.78 is 19.3. The molecule has 0 aromatic heterocycles. The first-order chi connectivity index (χ1) is 9.54. The van der Waals surface area contributed by atoms with Crippen LogP contribution in [0, 0.1) is 11.7 Å². The summed E-state index contributed by atoms with van der Waals surface area (Å²) in [6, 6.07) is 4.55. The zero-order valence-electron chi connectivity index (χ0n) is 11.8. The van der Waals surface area contributed by atoms with Gasteiger partial charge in [0.15, 0.2) is 0 Å². The van der Waals surface area contributed by atoms with Crippen molar-refractivity contribution in [1.29, 1.82) is 0 Å². The number of carboxylic acids is 1. The van der Waals surface area contributed by atoms with Gasteiger partial charge in [-0.2, -0.15) is 0 Å². The van der Waals surface area contributed by atoms with Gasteiger partial charge in [-0.05, 0) is 38.4 Å². The molecule has 2 unspecified atom stereocenters. The number of ether oxygens (including phenoxy) is 1. The predicted octanol–water partition coefficient (Wildman–Crippen LogP) is 2.69. The molecule has 0 bridgehead atoms. The zero-order chi connectivity index (χ0) is 14.7. The second kappa shape index (κ2) is 6.22. The fourth-order valence-corrected chi connectivity index (χ4v) is 2.84. The summed E-state index contributed by atoms with van der Waals surface area (Å²) in [7, 11) is 1.52. The Labute approximate surface area is 118 Å². The maximum atomic E-state index is 14.1. The average molecular weight is 281 g/mol. The molecule has 1 aromatic carbocycles. The number of hydrogen-bond donors (Lipinski definition) is 1. The Bertz CT molecular complexity index is 492. The van der Waals surface area contributed by atoms with Crippen molar-refractivity contribution in [2.45, 2.75) is 25.8 Å². The third-order valence-corrected chi connectivity index (χ3v) is 4.00. The van der Waals surface area contributed by atoms with E-state index in [-0.39, 0.29) is 17.8 Å². The summed E-state index contributed by atoms with van der Waals surface area (Å²) >= 11 is 0. The molecule has 0 spiro atoms. The van der Waals surface area contributed by atoms with E-state index in [1.165, 1.54) is 13.2 Å². The van der Waals surface area contributed by atoms with Gasteiger partial charge in [0, 0.05) is 18.2 Å². The quantitative estimate of drug-likeness (QED) is 0.922. The van der Waals surface area contributed by atoms with Crippen molar-refractivity contribution in [2.24, 2.45) is 5.92 Å². The topological polar surface area (TPSA) is 49.8 Å². The van der Waals surface area contributed by atoms with Crippen molar-refractivity contribution in [3.8, 4) is 5.75 Å². The number of likely N-dealkylation sites (tertiary alicyclic amines) is 1. The minimum Gasteiger partial charge on any atom is -0.496 e. The molecule has 1 aliphatic heterocycles. The second-order valence-electron chi connectivity index (χ2n) is 5.20. The lowest BCUT2D eigenvalue weighted by atomic mass is 9.95. The summed E-state index contributed by atoms with van der Waals surface area (Å²) in [4.78, 5) is 13.1. The van der Waals surface area contributed by atoms with Gasteiger partial charge in [-0.3, -0.25) is 9.69 Å². The van der Waals surface area contributed by atoms with Crippen LogP contribution in [-0.4, -0.2) is 36.2 Å². The minimum absolute atomic E-state index is 0.201. The second-order valence-corrected chi connectivity index (χ2v) is 5.20. The van der Waals surface area contributed by atoms with Crippen LogP contribution >= 0.6 is 0 Å². The number of benzene rings is 1. The summed E-state index contributed by atoms with van der Waals surface area (Å²) in [5.74, 6) is -0.949. The molecule has 110 valence electrons. The number of nitrogens with zero attached hydrogens (tertiary/aromatic N) is 1. The molecule has 20 heavy (non-hydrogen) atoms. The van der Waals surface area contributed by atoms with Crippen molar-refractivity contribution in [3.63, 3.8) is 0 Å². The smallest absolute Gasteiger partial charge is 0.307 e. The van der Waals surface area contributed by atoms with E-state index >= 15 is 0 Å². The van der Waals surface area contributed by atoms with Gasteiger partial charge >= 0.3 is 5.97 Å². The zero-order valence-corrected chi connectivity index (χ0v) is 11.8. The molecule has 1 heterocycles. The summed E-state index contributed by atoms with van der Waals surface area (Å²) in [5, 5.41) is 9.14. The highest BCUT2D eigenvalue weighted by atomic mass is 19.1.